The molecule has 48 heavy (non-hydrogen) atoms. The molecule has 10 rings (SSSR count). The van der Waals surface area contributed by atoms with Crippen molar-refractivity contribution in [1.82, 2.24) is 0 Å². The molecule has 0 radical (unpaired) electrons. The molecule has 1 aromatic heterocycles. The molecule has 232 valence electrons. The summed E-state index contributed by atoms with van der Waals surface area (Å²) >= 11 is 0. The average Bonchev–Trinajstić information content (AvgIpc) is 3.67. The van der Waals surface area contributed by atoms with Crippen molar-refractivity contribution in [3.63, 3.8) is 0 Å². The molecule has 1 nitrogen and oxygen atoms in total. The van der Waals surface area contributed by atoms with E-state index in [0.29, 0.717) is 11.8 Å². The maximum atomic E-state index is 2.64. The van der Waals surface area contributed by atoms with Crippen LogP contribution >= 0.6 is 0 Å². The van der Waals surface area contributed by atoms with E-state index < -0.39 is 0 Å². The lowest BCUT2D eigenvalue weighted by Gasteiger charge is -2.22. The molecular weight excluding hydrogens is 579 g/mol. The van der Waals surface area contributed by atoms with Gasteiger partial charge in [-0.1, -0.05) is 114 Å². The normalized spacial score (nSPS) is 14.9. The number of rotatable bonds is 3. The van der Waals surface area contributed by atoms with Gasteiger partial charge in [-0.3, -0.25) is 0 Å². The Balaban J connectivity index is 1.23. The number of pyridine rings is 1. The molecule has 1 heteroatoms. The lowest BCUT2D eigenvalue weighted by molar-refractivity contribution is -0.672. The summed E-state index contributed by atoms with van der Waals surface area (Å²) in [6.07, 6.45) is 0. The van der Waals surface area contributed by atoms with Crippen molar-refractivity contribution in [3.05, 3.63) is 149 Å². The Bertz CT molecular complexity index is 2420. The van der Waals surface area contributed by atoms with Gasteiger partial charge in [0.15, 0.2) is 0 Å². The van der Waals surface area contributed by atoms with Crippen molar-refractivity contribution in [2.45, 2.75) is 64.8 Å². The van der Waals surface area contributed by atoms with Crippen LogP contribution in [0, 0.1) is 0 Å². The van der Waals surface area contributed by atoms with E-state index in [4.69, 9.17) is 0 Å². The van der Waals surface area contributed by atoms with Crippen LogP contribution in [0.3, 0.4) is 0 Å². The summed E-state index contributed by atoms with van der Waals surface area (Å²) in [5.41, 5.74) is 19.1. The Kier molecular flexibility index (Phi) is 5.57. The lowest BCUT2D eigenvalue weighted by atomic mass is 9.81. The molecule has 0 N–H and O–H groups in total. The molecular formula is C47H40N+. The van der Waals surface area contributed by atoms with Gasteiger partial charge < -0.3 is 0 Å². The third kappa shape index (κ3) is 3.71. The number of hydrogen-bond acceptors (Lipinski definition) is 0. The van der Waals surface area contributed by atoms with Gasteiger partial charge in [0.2, 0.25) is 17.4 Å². The lowest BCUT2D eigenvalue weighted by Crippen LogP contribution is -2.36. The fourth-order valence-corrected chi connectivity index (χ4v) is 9.08. The highest BCUT2D eigenvalue weighted by atomic mass is 15.1. The van der Waals surface area contributed by atoms with E-state index in [2.05, 4.69) is 161 Å². The van der Waals surface area contributed by atoms with Crippen molar-refractivity contribution >= 4 is 21.5 Å². The minimum Gasteiger partial charge on any atom is -0.180 e. The highest BCUT2D eigenvalue weighted by Crippen LogP contribution is 2.52. The SMILES string of the molecule is CC(C)c1ccc2cc3c(cc2c1)-c1cc(-c2ccc4c(c2)C(C)(C)c2ccccc2-4)cc2[n+]1C3c1cc3ccc(C(C)C)cc3cc1-2. The molecule has 0 fully saturated rings. The van der Waals surface area contributed by atoms with Gasteiger partial charge in [-0.15, -0.1) is 0 Å². The number of benzene rings is 6. The van der Waals surface area contributed by atoms with E-state index >= 15 is 0 Å². The molecule has 0 amide bonds. The van der Waals surface area contributed by atoms with Gasteiger partial charge in [-0.05, 0) is 108 Å². The van der Waals surface area contributed by atoms with Crippen LogP contribution in [-0.4, -0.2) is 0 Å². The van der Waals surface area contributed by atoms with E-state index in [9.17, 15) is 0 Å². The van der Waals surface area contributed by atoms with E-state index in [1.807, 2.05) is 0 Å². The molecule has 0 unspecified atom stereocenters. The van der Waals surface area contributed by atoms with Crippen LogP contribution in [0.2, 0.25) is 0 Å². The van der Waals surface area contributed by atoms with Crippen LogP contribution in [0.1, 0.15) is 92.8 Å². The van der Waals surface area contributed by atoms with Crippen molar-refractivity contribution in [2.75, 3.05) is 0 Å². The molecule has 0 saturated carbocycles. The van der Waals surface area contributed by atoms with E-state index in [1.54, 1.807) is 0 Å². The van der Waals surface area contributed by atoms with Gasteiger partial charge in [0, 0.05) is 28.7 Å². The van der Waals surface area contributed by atoms with Crippen LogP contribution in [-0.2, 0) is 5.41 Å². The molecule has 3 aliphatic rings. The second kappa shape index (κ2) is 9.54. The van der Waals surface area contributed by atoms with Crippen LogP contribution in [0.25, 0.3) is 66.3 Å². The summed E-state index contributed by atoms with van der Waals surface area (Å²) < 4.78 is 2.64. The smallest absolute Gasteiger partial charge is 0.180 e. The van der Waals surface area contributed by atoms with Gasteiger partial charge in [0.05, 0.1) is 11.1 Å². The fourth-order valence-electron chi connectivity index (χ4n) is 9.08. The minimum absolute atomic E-state index is 0.0332. The number of fused-ring (bicyclic) bond motifs is 11. The van der Waals surface area contributed by atoms with Gasteiger partial charge >= 0.3 is 0 Å². The number of nitrogens with zero attached hydrogens (tertiary/aromatic N) is 1. The van der Waals surface area contributed by atoms with Gasteiger partial charge in [-0.25, -0.2) is 0 Å². The first kappa shape index (κ1) is 28.0. The van der Waals surface area contributed by atoms with Crippen LogP contribution in [0.4, 0.5) is 0 Å². The molecule has 2 aliphatic heterocycles. The summed E-state index contributed by atoms with van der Waals surface area (Å²) in [4.78, 5) is 0. The van der Waals surface area contributed by atoms with Crippen molar-refractivity contribution < 1.29 is 4.57 Å². The summed E-state index contributed by atoms with van der Waals surface area (Å²) in [7, 11) is 0. The zero-order chi connectivity index (χ0) is 32.6. The quantitative estimate of drug-likeness (QED) is 0.173. The first-order valence-corrected chi connectivity index (χ1v) is 17.7. The molecule has 0 atom stereocenters. The van der Waals surface area contributed by atoms with E-state index in [1.165, 1.54) is 99.7 Å². The first-order valence-electron chi connectivity index (χ1n) is 17.7. The van der Waals surface area contributed by atoms with E-state index in [0.717, 1.165) is 0 Å². The molecule has 0 saturated heterocycles. The molecule has 7 aromatic rings. The summed E-state index contributed by atoms with van der Waals surface area (Å²) in [5.74, 6) is 1.00. The molecule has 1 aliphatic carbocycles. The maximum Gasteiger partial charge on any atom is 0.215 e. The Hall–Kier alpha value is -5.01. The topological polar surface area (TPSA) is 3.88 Å². The van der Waals surface area contributed by atoms with Crippen LogP contribution in [0.5, 0.6) is 0 Å². The Morgan fingerprint density at radius 2 is 1.04 bits per heavy atom. The number of hydrogen-bond donors (Lipinski definition) is 0. The minimum atomic E-state index is -0.0332. The monoisotopic (exact) mass is 618 g/mol. The Labute approximate surface area is 283 Å². The average molecular weight is 619 g/mol. The van der Waals surface area contributed by atoms with Crippen LogP contribution in [0.15, 0.2) is 115 Å². The third-order valence-corrected chi connectivity index (χ3v) is 11.8. The molecule has 0 spiro atoms. The summed E-state index contributed by atoms with van der Waals surface area (Å²) in [6.45, 7) is 13.9. The predicted octanol–water partition coefficient (Wildman–Crippen LogP) is 12.1. The highest BCUT2D eigenvalue weighted by molar-refractivity contribution is 5.95. The maximum absolute atomic E-state index is 2.64. The van der Waals surface area contributed by atoms with Gasteiger partial charge in [0.25, 0.3) is 0 Å². The fraction of sp³-hybridized carbons (Fsp3) is 0.213. The van der Waals surface area contributed by atoms with Gasteiger partial charge in [0.1, 0.15) is 0 Å². The molecule has 3 heterocycles. The molecule has 0 bridgehead atoms. The largest absolute Gasteiger partial charge is 0.215 e. The third-order valence-electron chi connectivity index (χ3n) is 11.8. The summed E-state index contributed by atoms with van der Waals surface area (Å²) in [6, 6.07) is 45.3. The summed E-state index contributed by atoms with van der Waals surface area (Å²) in [5, 5.41) is 5.31. The van der Waals surface area contributed by atoms with Gasteiger partial charge in [-0.2, -0.15) is 4.57 Å². The Morgan fingerprint density at radius 3 is 1.62 bits per heavy atom. The molecule has 6 aromatic carbocycles. The second-order valence-corrected chi connectivity index (χ2v) is 15.6. The van der Waals surface area contributed by atoms with Crippen molar-refractivity contribution in [2.24, 2.45) is 0 Å². The predicted molar refractivity (Wildman–Crippen MR) is 201 cm³/mol. The number of aromatic nitrogens is 1. The van der Waals surface area contributed by atoms with Crippen molar-refractivity contribution in [1.29, 1.82) is 0 Å². The second-order valence-electron chi connectivity index (χ2n) is 15.6. The first-order chi connectivity index (χ1) is 23.2. The highest BCUT2D eigenvalue weighted by Gasteiger charge is 2.47. The van der Waals surface area contributed by atoms with Crippen LogP contribution < -0.4 is 4.57 Å². The standard InChI is InChI=1S/C47H40N/c1-26(2)28-11-13-30-19-40-38(21-33(30)17-28)44-24-35(32-15-16-37-36-9-7-8-10-42(36)47(5,6)43(37)23-32)25-45-39-22-34-18-29(27(3)4)12-14-31(34)20-41(39)46(40)48(44)45/h7-27,46H,1-6H3/q+1. The van der Waals surface area contributed by atoms with E-state index in [-0.39, 0.29) is 11.5 Å². The Morgan fingerprint density at radius 1 is 0.479 bits per heavy atom. The zero-order valence-electron chi connectivity index (χ0n) is 28.6. The van der Waals surface area contributed by atoms with Crippen molar-refractivity contribution in [3.8, 4) is 44.8 Å². The zero-order valence-corrected chi connectivity index (χ0v) is 28.6.